The van der Waals surface area contributed by atoms with Crippen LogP contribution in [0.2, 0.25) is 103 Å². The standard InChI is InChI=1S/C37H58N8O7SSi2.C37H57N7O8SSi2/c1-49-17-18-52-37(36(38)46)13-11-27(12-14-37)31-32(53(2,47)48)35(44(25-50-19-21-54(3,4)5)26-51-20-22-55(6,7)8)45-34(43-31)29(24-42-45)28-9-10-30(41-23-28)33-39-15-16-40-33;1-49-17-18-52-37(36(45)46)13-11-27(12-14-37)31-32(53(2,47)48)35(43(25-50-19-21-54(3,4)5)26-51-20-22-55(6,7)8)44-34(42-31)29(24-41-44)28-9-10-30(40-23-28)33-38-15-16-39-33/h9-10,15-16,23-24,27H,11-14,17-22,25-26H2,1-8H3,(H2,38,46)(H,39,40);9-10,15-16,23-24,27H,11-14,17-22,25-26H2,1-8H3,(H,38,39)(H,45,46). The summed E-state index contributed by atoms with van der Waals surface area (Å²) >= 11 is 0. The van der Waals surface area contributed by atoms with Gasteiger partial charge in [0.05, 0.1) is 50.2 Å². The molecule has 8 heterocycles. The van der Waals surface area contributed by atoms with Gasteiger partial charge in [0.1, 0.15) is 53.7 Å². The lowest BCUT2D eigenvalue weighted by molar-refractivity contribution is -0.173. The van der Waals surface area contributed by atoms with Crippen molar-refractivity contribution < 1.29 is 69.4 Å². The first kappa shape index (κ1) is 86.9. The van der Waals surface area contributed by atoms with Crippen LogP contribution in [0.4, 0.5) is 11.6 Å². The van der Waals surface area contributed by atoms with E-state index < -0.39 is 81.0 Å². The Bertz CT molecular complexity index is 4220. The molecule has 8 aromatic heterocycles. The number of amides is 1. The molecule has 0 atom stereocenters. The maximum Gasteiger partial charge on any atom is 0.335 e. The van der Waals surface area contributed by atoms with E-state index in [2.05, 4.69) is 108 Å². The van der Waals surface area contributed by atoms with E-state index in [1.807, 2.05) is 29.2 Å². The van der Waals surface area contributed by atoms with E-state index in [1.165, 1.54) is 19.6 Å². The third-order valence-electron chi connectivity index (χ3n) is 19.7. The number of carbonyl (C=O) groups is 2. The number of ether oxygens (including phenoxy) is 8. The number of nitrogens with two attached hydrogens (primary N) is 1. The molecule has 1 amide bonds. The van der Waals surface area contributed by atoms with Crippen molar-refractivity contribution in [1.82, 2.24) is 59.1 Å². The number of imidazole rings is 2. The molecule has 0 radical (unpaired) electrons. The molecule has 2 saturated carbocycles. The number of carboxylic acids is 1. The summed E-state index contributed by atoms with van der Waals surface area (Å²) in [6, 6.07) is 11.3. The summed E-state index contributed by atoms with van der Waals surface area (Å²) in [6.07, 6.45) is 18.5. The molecule has 604 valence electrons. The van der Waals surface area contributed by atoms with E-state index in [1.54, 1.807) is 70.6 Å². The van der Waals surface area contributed by atoms with E-state index in [9.17, 15) is 31.5 Å². The fraction of sp³-hybridized carbons (Fsp3) is 0.595. The summed E-state index contributed by atoms with van der Waals surface area (Å²) in [6.45, 7) is 30.7. The van der Waals surface area contributed by atoms with Gasteiger partial charge in [-0.3, -0.25) is 14.8 Å². The Kier molecular flexibility index (Phi) is 29.5. The number of methoxy groups -OCH3 is 2. The number of aromatic amines is 2. The first-order valence-corrected chi connectivity index (χ1v) is 56.2. The Hall–Kier alpha value is -7.05. The Labute approximate surface area is 651 Å². The third-order valence-corrected chi connectivity index (χ3v) is 28.8. The number of nitrogens with zero attached hydrogens (tertiary/aromatic N) is 12. The number of nitrogens with one attached hydrogen (secondary N) is 2. The van der Waals surface area contributed by atoms with Gasteiger partial charge in [-0.25, -0.2) is 41.6 Å². The number of hydrogen-bond acceptors (Lipinski definition) is 24. The minimum absolute atomic E-state index is 0.0247. The maximum atomic E-state index is 14.1. The second kappa shape index (κ2) is 37.3. The molecule has 0 saturated heterocycles. The van der Waals surface area contributed by atoms with Gasteiger partial charge in [0.2, 0.25) is 5.91 Å². The molecule has 0 aromatic carbocycles. The summed E-state index contributed by atoms with van der Waals surface area (Å²) in [4.78, 5) is 63.4. The van der Waals surface area contributed by atoms with Crippen molar-refractivity contribution in [2.75, 3.05) is 116 Å². The number of primary amides is 1. The number of hydrogen-bond donors (Lipinski definition) is 4. The summed E-state index contributed by atoms with van der Waals surface area (Å²) in [5.74, 6) is -0.439. The minimum atomic E-state index is -3.96. The number of H-pyrrole nitrogens is 2. The molecule has 30 nitrogen and oxygen atoms in total. The minimum Gasteiger partial charge on any atom is -0.479 e. The molecule has 8 aromatic rings. The van der Waals surface area contributed by atoms with Crippen LogP contribution in [0.5, 0.6) is 0 Å². The molecular formula is C74H115N15O15S2Si4. The summed E-state index contributed by atoms with van der Waals surface area (Å²) < 4.78 is 107. The maximum absolute atomic E-state index is 14.1. The van der Waals surface area contributed by atoms with E-state index in [0.717, 1.165) is 35.3 Å². The van der Waals surface area contributed by atoms with Crippen LogP contribution in [0.25, 0.3) is 56.6 Å². The highest BCUT2D eigenvalue weighted by Crippen LogP contribution is 2.47. The molecule has 2 aliphatic carbocycles. The molecule has 10 rings (SSSR count). The third kappa shape index (κ3) is 23.1. The van der Waals surface area contributed by atoms with Gasteiger partial charge in [-0.05, 0) is 87.7 Å². The van der Waals surface area contributed by atoms with Crippen molar-refractivity contribution in [3.63, 3.8) is 0 Å². The molecule has 2 aliphatic rings. The number of sulfone groups is 2. The molecule has 0 aliphatic heterocycles. The topological polar surface area (TPSA) is 373 Å². The zero-order valence-corrected chi connectivity index (χ0v) is 72.6. The molecule has 0 unspecified atom stereocenters. The normalized spacial score (nSPS) is 18.2. The molecule has 0 spiro atoms. The van der Waals surface area contributed by atoms with E-state index >= 15 is 0 Å². The molecule has 36 heteroatoms. The Morgan fingerprint density at radius 2 is 0.864 bits per heavy atom. The second-order valence-electron chi connectivity index (χ2n) is 33.5. The van der Waals surface area contributed by atoms with Crippen LogP contribution < -0.4 is 15.5 Å². The van der Waals surface area contributed by atoms with Crippen molar-refractivity contribution in [2.24, 2.45) is 5.73 Å². The Morgan fingerprint density at radius 1 is 0.518 bits per heavy atom. The largest absolute Gasteiger partial charge is 0.479 e. The van der Waals surface area contributed by atoms with E-state index in [4.69, 9.17) is 63.8 Å². The van der Waals surface area contributed by atoms with Gasteiger partial charge < -0.3 is 68.5 Å². The lowest BCUT2D eigenvalue weighted by Crippen LogP contribution is -2.49. The molecule has 0 bridgehead atoms. The predicted molar refractivity (Wildman–Crippen MR) is 435 cm³/mol. The Morgan fingerprint density at radius 3 is 1.15 bits per heavy atom. The summed E-state index contributed by atoms with van der Waals surface area (Å²) in [7, 11) is -10.5. The monoisotopic (exact) mass is 1630 g/mol. The molecular weight excluding hydrogens is 1520 g/mol. The fourth-order valence-electron chi connectivity index (χ4n) is 13.2. The van der Waals surface area contributed by atoms with Crippen LogP contribution in [0.1, 0.15) is 74.6 Å². The highest BCUT2D eigenvalue weighted by molar-refractivity contribution is 7.91. The number of fused-ring (bicyclic) bond motifs is 2. The van der Waals surface area contributed by atoms with Gasteiger partial charge in [0.15, 0.2) is 59.9 Å². The summed E-state index contributed by atoms with van der Waals surface area (Å²) in [5.41, 5.74) is 9.11. The van der Waals surface area contributed by atoms with Crippen LogP contribution in [0.15, 0.2) is 83.6 Å². The number of anilines is 2. The average molecular weight is 1630 g/mol. The van der Waals surface area contributed by atoms with E-state index in [0.29, 0.717) is 140 Å². The lowest BCUT2D eigenvalue weighted by Gasteiger charge is -2.38. The van der Waals surface area contributed by atoms with Crippen LogP contribution in [-0.4, -0.2) is 243 Å². The van der Waals surface area contributed by atoms with Crippen molar-refractivity contribution in [3.8, 4) is 45.3 Å². The zero-order valence-electron chi connectivity index (χ0n) is 67.0. The number of rotatable bonds is 40. The molecule has 5 N–H and O–H groups in total. The number of carboxylic acid groups (broad SMARTS) is 1. The quantitative estimate of drug-likeness (QED) is 0.0157. The highest BCUT2D eigenvalue weighted by atomic mass is 32.2. The summed E-state index contributed by atoms with van der Waals surface area (Å²) in [5, 5.41) is 19.8. The zero-order chi connectivity index (χ0) is 80.0. The van der Waals surface area contributed by atoms with Gasteiger partial charge in [-0.2, -0.15) is 19.2 Å². The van der Waals surface area contributed by atoms with Crippen LogP contribution in [0.3, 0.4) is 0 Å². The van der Waals surface area contributed by atoms with E-state index in [-0.39, 0.29) is 75.3 Å². The second-order valence-corrected chi connectivity index (χ2v) is 59.9. The van der Waals surface area contributed by atoms with Crippen LogP contribution >= 0.6 is 0 Å². The number of pyridine rings is 2. The van der Waals surface area contributed by atoms with Gasteiger partial charge in [0, 0.05) is 157 Å². The van der Waals surface area contributed by atoms with Crippen LogP contribution in [0, 0.1) is 0 Å². The van der Waals surface area contributed by atoms with Crippen LogP contribution in [-0.2, 0) is 67.2 Å². The molecule has 2 fully saturated rings. The number of aliphatic carboxylic acids is 1. The number of carbonyl (C=O) groups excluding carboxylic acids is 1. The lowest BCUT2D eigenvalue weighted by atomic mass is 9.76. The van der Waals surface area contributed by atoms with Gasteiger partial charge in [-0.15, -0.1) is 0 Å². The van der Waals surface area contributed by atoms with Gasteiger partial charge >= 0.3 is 5.97 Å². The first-order chi connectivity index (χ1) is 51.8. The van der Waals surface area contributed by atoms with Crippen molar-refractivity contribution in [2.45, 2.75) is 187 Å². The SMILES string of the molecule is COCCOC1(C(=O)O)CCC(c2nc3c(-c4ccc(-c5ncc[nH]5)nc4)cnn3c(N(COCC[Si](C)(C)C)COCC[Si](C)(C)C)c2S(C)(=O)=O)CC1.COCCOC1(C(N)=O)CCC(c2nc3c(-c4ccc(-c5ncc[nH]5)nc4)cnn3c(N(COCC[Si](C)(C)C)COCC[Si](C)(C)C)c2S(C)(=O)=O)CC1. The fourth-order valence-corrected chi connectivity index (χ4v) is 18.5. The van der Waals surface area contributed by atoms with Crippen molar-refractivity contribution in [3.05, 3.63) is 85.2 Å². The van der Waals surface area contributed by atoms with Crippen molar-refractivity contribution >= 4 is 86.8 Å². The smallest absolute Gasteiger partial charge is 0.335 e. The highest BCUT2D eigenvalue weighted by Gasteiger charge is 2.47. The first-order valence-electron chi connectivity index (χ1n) is 37.6. The number of aromatic nitrogens is 12. The Balaban J connectivity index is 0.000000253. The van der Waals surface area contributed by atoms with Gasteiger partial charge in [0.25, 0.3) is 0 Å². The van der Waals surface area contributed by atoms with Gasteiger partial charge in [-0.1, -0.05) is 90.7 Å². The van der Waals surface area contributed by atoms with Crippen molar-refractivity contribution in [1.29, 1.82) is 0 Å². The molecule has 110 heavy (non-hydrogen) atoms. The average Bonchev–Trinajstić information content (AvgIpc) is 1.53. The predicted octanol–water partition coefficient (Wildman–Crippen LogP) is 11.7.